The zero-order valence-corrected chi connectivity index (χ0v) is 13.0. The van der Waals surface area contributed by atoms with Gasteiger partial charge in [-0.1, -0.05) is 12.1 Å². The Bertz CT molecular complexity index is 884. The Morgan fingerprint density at radius 1 is 1.22 bits per heavy atom. The third-order valence-corrected chi connectivity index (χ3v) is 4.64. The molecule has 0 aliphatic carbocycles. The van der Waals surface area contributed by atoms with Crippen molar-refractivity contribution in [2.75, 3.05) is 0 Å². The molecule has 0 unspecified atom stereocenters. The lowest BCUT2D eigenvalue weighted by Gasteiger charge is -2.08. The fraction of sp³-hybridized carbons (Fsp3) is 0.133. The van der Waals surface area contributed by atoms with E-state index in [4.69, 9.17) is 5.26 Å². The molecule has 0 aromatic heterocycles. The van der Waals surface area contributed by atoms with Crippen LogP contribution in [0, 0.1) is 28.4 Å². The summed E-state index contributed by atoms with van der Waals surface area (Å²) in [6.07, 6.45) is 0. The lowest BCUT2D eigenvalue weighted by Crippen LogP contribution is -2.23. The van der Waals surface area contributed by atoms with Crippen LogP contribution >= 0.6 is 0 Å². The minimum Gasteiger partial charge on any atom is -0.258 e. The largest absolute Gasteiger partial charge is 0.269 e. The lowest BCUT2D eigenvalue weighted by molar-refractivity contribution is -0.384. The minimum absolute atomic E-state index is 0.0133. The highest BCUT2D eigenvalue weighted by molar-refractivity contribution is 7.89. The van der Waals surface area contributed by atoms with Gasteiger partial charge in [0.2, 0.25) is 10.0 Å². The Morgan fingerprint density at radius 2 is 1.87 bits per heavy atom. The molecule has 2 rings (SSSR count). The number of hydrogen-bond donors (Lipinski definition) is 1. The van der Waals surface area contributed by atoms with Crippen molar-refractivity contribution in [1.82, 2.24) is 4.72 Å². The smallest absolute Gasteiger partial charge is 0.258 e. The normalized spacial score (nSPS) is 11.0. The van der Waals surface area contributed by atoms with E-state index in [1.54, 1.807) is 6.92 Å². The molecule has 118 valence electrons. The van der Waals surface area contributed by atoms with Crippen molar-refractivity contribution in [3.05, 3.63) is 69.3 Å². The summed E-state index contributed by atoms with van der Waals surface area (Å²) in [6, 6.07) is 11.8. The minimum atomic E-state index is -3.73. The molecule has 2 aromatic rings. The molecule has 8 heteroatoms. The summed E-state index contributed by atoms with van der Waals surface area (Å²) < 4.78 is 26.9. The van der Waals surface area contributed by atoms with E-state index in [2.05, 4.69) is 4.72 Å². The van der Waals surface area contributed by atoms with Crippen molar-refractivity contribution >= 4 is 15.7 Å². The van der Waals surface area contributed by atoms with Gasteiger partial charge < -0.3 is 0 Å². The summed E-state index contributed by atoms with van der Waals surface area (Å²) in [4.78, 5) is 10.1. The van der Waals surface area contributed by atoms with Gasteiger partial charge >= 0.3 is 0 Å². The topological polar surface area (TPSA) is 113 Å². The van der Waals surface area contributed by atoms with Crippen LogP contribution < -0.4 is 4.72 Å². The summed E-state index contributed by atoms with van der Waals surface area (Å²) in [7, 11) is -3.73. The van der Waals surface area contributed by atoms with Crippen LogP contribution in [0.4, 0.5) is 5.69 Å². The van der Waals surface area contributed by atoms with Gasteiger partial charge in [-0.3, -0.25) is 10.1 Å². The quantitative estimate of drug-likeness (QED) is 0.667. The first-order valence-corrected chi connectivity index (χ1v) is 8.05. The van der Waals surface area contributed by atoms with Gasteiger partial charge in [-0.05, 0) is 36.2 Å². The van der Waals surface area contributed by atoms with E-state index >= 15 is 0 Å². The number of hydrogen-bond acceptors (Lipinski definition) is 5. The maximum atomic E-state index is 12.2. The van der Waals surface area contributed by atoms with E-state index in [9.17, 15) is 18.5 Å². The molecule has 0 atom stereocenters. The molecule has 0 amide bonds. The van der Waals surface area contributed by atoms with Gasteiger partial charge in [0, 0.05) is 18.7 Å². The number of nitro benzene ring substituents is 1. The van der Waals surface area contributed by atoms with Crippen LogP contribution in [0.15, 0.2) is 47.4 Å². The van der Waals surface area contributed by atoms with E-state index in [1.807, 2.05) is 6.07 Å². The van der Waals surface area contributed by atoms with Crippen molar-refractivity contribution < 1.29 is 13.3 Å². The number of rotatable bonds is 5. The Hall–Kier alpha value is -2.76. The van der Waals surface area contributed by atoms with Crippen LogP contribution in [-0.2, 0) is 16.6 Å². The van der Waals surface area contributed by atoms with Gasteiger partial charge in [-0.15, -0.1) is 0 Å². The molecule has 0 radical (unpaired) electrons. The van der Waals surface area contributed by atoms with E-state index in [1.165, 1.54) is 42.5 Å². The molecule has 2 aromatic carbocycles. The highest BCUT2D eigenvalue weighted by Crippen LogP contribution is 2.16. The molecule has 0 spiro atoms. The third kappa shape index (κ3) is 3.91. The highest BCUT2D eigenvalue weighted by Gasteiger charge is 2.15. The standard InChI is InChI=1S/C15H13N3O4S/c1-11-8-15(7-4-13(11)9-16)23(21,22)17-10-12-2-5-14(6-3-12)18(19)20/h2-8,17H,10H2,1H3. The average molecular weight is 331 g/mol. The molecule has 0 bridgehead atoms. The van der Waals surface area contributed by atoms with Gasteiger partial charge in [0.1, 0.15) is 0 Å². The van der Waals surface area contributed by atoms with Crippen LogP contribution in [0.3, 0.4) is 0 Å². The van der Waals surface area contributed by atoms with E-state index in [0.29, 0.717) is 16.7 Å². The summed E-state index contributed by atoms with van der Waals surface area (Å²) in [5.74, 6) is 0. The van der Waals surface area contributed by atoms with Crippen LogP contribution in [0.5, 0.6) is 0 Å². The Labute approximate surface area is 133 Å². The molecule has 0 heterocycles. The predicted molar refractivity (Wildman–Crippen MR) is 83.0 cm³/mol. The van der Waals surface area contributed by atoms with Crippen LogP contribution in [0.1, 0.15) is 16.7 Å². The third-order valence-electron chi connectivity index (χ3n) is 3.24. The molecular weight excluding hydrogens is 318 g/mol. The molecule has 0 aliphatic heterocycles. The van der Waals surface area contributed by atoms with Crippen molar-refractivity contribution in [1.29, 1.82) is 5.26 Å². The van der Waals surface area contributed by atoms with Crippen molar-refractivity contribution in [3.63, 3.8) is 0 Å². The number of sulfonamides is 1. The Balaban J connectivity index is 2.14. The highest BCUT2D eigenvalue weighted by atomic mass is 32.2. The molecule has 7 nitrogen and oxygen atoms in total. The zero-order chi connectivity index (χ0) is 17.0. The summed E-state index contributed by atoms with van der Waals surface area (Å²) in [6.45, 7) is 1.67. The van der Waals surface area contributed by atoms with Crippen LogP contribution in [0.25, 0.3) is 0 Å². The van der Waals surface area contributed by atoms with Crippen LogP contribution in [-0.4, -0.2) is 13.3 Å². The second-order valence-corrected chi connectivity index (χ2v) is 6.60. The predicted octanol–water partition coefficient (Wildman–Crippen LogP) is 2.25. The molecule has 0 aliphatic rings. The summed E-state index contributed by atoms with van der Waals surface area (Å²) in [5, 5.41) is 19.4. The molecule has 1 N–H and O–H groups in total. The van der Waals surface area contributed by atoms with Gasteiger partial charge in [0.15, 0.2) is 0 Å². The van der Waals surface area contributed by atoms with E-state index < -0.39 is 14.9 Å². The fourth-order valence-electron chi connectivity index (χ4n) is 1.93. The Kier molecular flexibility index (Phi) is 4.74. The maximum Gasteiger partial charge on any atom is 0.269 e. The number of benzene rings is 2. The number of nitro groups is 1. The zero-order valence-electron chi connectivity index (χ0n) is 12.2. The monoisotopic (exact) mass is 331 g/mol. The van der Waals surface area contributed by atoms with Crippen molar-refractivity contribution in [3.8, 4) is 6.07 Å². The van der Waals surface area contributed by atoms with E-state index in [-0.39, 0.29) is 17.1 Å². The molecule has 23 heavy (non-hydrogen) atoms. The summed E-state index contributed by atoms with van der Waals surface area (Å²) >= 11 is 0. The average Bonchev–Trinajstić information content (AvgIpc) is 2.53. The first-order chi connectivity index (χ1) is 10.8. The van der Waals surface area contributed by atoms with Gasteiger partial charge in [-0.2, -0.15) is 5.26 Å². The van der Waals surface area contributed by atoms with Crippen LogP contribution in [0.2, 0.25) is 0 Å². The fourth-order valence-corrected chi connectivity index (χ4v) is 3.03. The number of nitriles is 1. The van der Waals surface area contributed by atoms with Crippen molar-refractivity contribution in [2.45, 2.75) is 18.4 Å². The SMILES string of the molecule is Cc1cc(S(=O)(=O)NCc2ccc([N+](=O)[O-])cc2)ccc1C#N. The second-order valence-electron chi connectivity index (χ2n) is 4.84. The number of non-ortho nitro benzene ring substituents is 1. The number of aryl methyl sites for hydroxylation is 1. The number of nitrogens with one attached hydrogen (secondary N) is 1. The van der Waals surface area contributed by atoms with Gasteiger partial charge in [-0.25, -0.2) is 13.1 Å². The molecular formula is C15H13N3O4S. The maximum absolute atomic E-state index is 12.2. The lowest BCUT2D eigenvalue weighted by atomic mass is 10.1. The van der Waals surface area contributed by atoms with Gasteiger partial charge in [0.25, 0.3) is 5.69 Å². The van der Waals surface area contributed by atoms with Crippen molar-refractivity contribution in [2.24, 2.45) is 0 Å². The first-order valence-electron chi connectivity index (χ1n) is 6.57. The molecule has 0 saturated carbocycles. The number of nitrogens with zero attached hydrogens (tertiary/aromatic N) is 2. The van der Waals surface area contributed by atoms with E-state index in [0.717, 1.165) is 0 Å². The van der Waals surface area contributed by atoms with Gasteiger partial charge in [0.05, 0.1) is 21.5 Å². The Morgan fingerprint density at radius 3 is 2.39 bits per heavy atom. The summed E-state index contributed by atoms with van der Waals surface area (Å²) in [5.41, 5.74) is 1.54. The molecule has 0 fully saturated rings. The second kappa shape index (κ2) is 6.56. The molecule has 0 saturated heterocycles. The first kappa shape index (κ1) is 16.6.